The van der Waals surface area contributed by atoms with E-state index in [2.05, 4.69) is 19.7 Å². The Morgan fingerprint density at radius 2 is 1.76 bits per heavy atom. The van der Waals surface area contributed by atoms with Crippen molar-refractivity contribution >= 4 is 50.2 Å². The number of thiazole rings is 1. The molecule has 1 aliphatic heterocycles. The first-order valence-corrected chi connectivity index (χ1v) is 18.4. The van der Waals surface area contributed by atoms with Gasteiger partial charge in [0.25, 0.3) is 5.91 Å². The summed E-state index contributed by atoms with van der Waals surface area (Å²) in [7, 11) is 0. The standard InChI is InChI=1S/C40H38N6O3S/c1-23-30(17-35(41-2)46(23)22-40-18-24-14-25(19-40)16-26(15-24)20-40)28-10-11-34(43-36(28)38(48)49)45-13-12-27-6-5-7-29(31(27)21-45)37(47)44-39-42-32-8-3-4-9-33(32)50-39/h3-11,17,24-26H,12-16,18-22H2,1H3,(H,48,49)(H,42,44,47). The van der Waals surface area contributed by atoms with Gasteiger partial charge < -0.3 is 14.9 Å². The average Bonchev–Trinajstić information content (AvgIpc) is 3.65. The second-order valence-corrected chi connectivity index (χ2v) is 16.1. The normalized spacial score (nSPS) is 23.5. The predicted molar refractivity (Wildman–Crippen MR) is 195 cm³/mol. The molecule has 0 atom stereocenters. The Morgan fingerprint density at radius 1 is 1.00 bits per heavy atom. The summed E-state index contributed by atoms with van der Waals surface area (Å²) >= 11 is 1.44. The van der Waals surface area contributed by atoms with E-state index in [4.69, 9.17) is 11.6 Å². The molecule has 4 fully saturated rings. The Bertz CT molecular complexity index is 2180. The lowest BCUT2D eigenvalue weighted by molar-refractivity contribution is -0.0617. The largest absolute Gasteiger partial charge is 0.476 e. The van der Waals surface area contributed by atoms with E-state index in [1.165, 1.54) is 49.9 Å². The third kappa shape index (κ3) is 5.26. The van der Waals surface area contributed by atoms with E-state index in [-0.39, 0.29) is 17.0 Å². The van der Waals surface area contributed by atoms with Gasteiger partial charge in [-0.3, -0.25) is 14.7 Å². The number of para-hydroxylation sites is 1. The lowest BCUT2D eigenvalue weighted by atomic mass is 9.49. The number of anilines is 2. The van der Waals surface area contributed by atoms with Crippen molar-refractivity contribution in [3.8, 4) is 11.1 Å². The molecule has 5 aliphatic rings. The van der Waals surface area contributed by atoms with Crippen molar-refractivity contribution in [1.29, 1.82) is 0 Å². The van der Waals surface area contributed by atoms with Crippen LogP contribution in [0.3, 0.4) is 0 Å². The van der Waals surface area contributed by atoms with Crippen LogP contribution in [0.1, 0.15) is 76.2 Å². The quantitative estimate of drug-likeness (QED) is 0.166. The molecule has 2 N–H and O–H groups in total. The number of hydrogen-bond donors (Lipinski definition) is 2. The van der Waals surface area contributed by atoms with Crippen LogP contribution in [0.15, 0.2) is 60.7 Å². The van der Waals surface area contributed by atoms with E-state index in [0.29, 0.717) is 47.4 Å². The number of aromatic nitrogens is 3. The van der Waals surface area contributed by atoms with Crippen LogP contribution < -0.4 is 10.2 Å². The number of rotatable bonds is 7. The molecule has 5 aromatic rings. The van der Waals surface area contributed by atoms with Crippen molar-refractivity contribution < 1.29 is 14.7 Å². The highest BCUT2D eigenvalue weighted by atomic mass is 32.1. The van der Waals surface area contributed by atoms with Gasteiger partial charge in [-0.05, 0) is 117 Å². The number of carbonyl (C=O) groups excluding carboxylic acids is 1. The van der Waals surface area contributed by atoms with Gasteiger partial charge in [0.15, 0.2) is 10.8 Å². The average molecular weight is 683 g/mol. The maximum atomic E-state index is 13.6. The Balaban J connectivity index is 0.998. The molecule has 4 heterocycles. The summed E-state index contributed by atoms with van der Waals surface area (Å²) in [6.07, 6.45) is 8.52. The number of pyridine rings is 1. The third-order valence-corrected chi connectivity index (χ3v) is 12.8. The van der Waals surface area contributed by atoms with Crippen molar-refractivity contribution in [2.75, 3.05) is 16.8 Å². The van der Waals surface area contributed by atoms with E-state index in [1.807, 2.05) is 72.5 Å². The van der Waals surface area contributed by atoms with Gasteiger partial charge in [0, 0.05) is 35.2 Å². The van der Waals surface area contributed by atoms with Gasteiger partial charge in [-0.1, -0.05) is 42.2 Å². The zero-order valence-corrected chi connectivity index (χ0v) is 28.8. The first-order valence-electron chi connectivity index (χ1n) is 17.6. The Kier molecular flexibility index (Phi) is 7.32. The van der Waals surface area contributed by atoms with Crippen molar-refractivity contribution in [3.05, 3.63) is 100 Å². The monoisotopic (exact) mass is 682 g/mol. The van der Waals surface area contributed by atoms with E-state index in [1.54, 1.807) is 0 Å². The molecule has 50 heavy (non-hydrogen) atoms. The summed E-state index contributed by atoms with van der Waals surface area (Å²) < 4.78 is 3.17. The Labute approximate surface area is 294 Å². The molecule has 1 amide bonds. The molecule has 2 aromatic carbocycles. The molecule has 0 unspecified atom stereocenters. The number of carboxylic acid groups (broad SMARTS) is 1. The van der Waals surface area contributed by atoms with Crippen LogP contribution in [0.2, 0.25) is 0 Å². The minimum atomic E-state index is -1.10. The summed E-state index contributed by atoms with van der Waals surface area (Å²) in [6, 6.07) is 19.2. The highest BCUT2D eigenvalue weighted by Gasteiger charge is 2.52. The number of hydrogen-bond acceptors (Lipinski definition) is 6. The van der Waals surface area contributed by atoms with Crippen LogP contribution >= 0.6 is 11.3 Å². The molecular weight excluding hydrogens is 645 g/mol. The van der Waals surface area contributed by atoms with Crippen LogP contribution in [-0.2, 0) is 19.5 Å². The van der Waals surface area contributed by atoms with Crippen LogP contribution in [0.4, 0.5) is 16.8 Å². The number of nitrogens with zero attached hydrogens (tertiary/aromatic N) is 5. The summed E-state index contributed by atoms with van der Waals surface area (Å²) in [4.78, 5) is 41.6. The third-order valence-electron chi connectivity index (χ3n) is 11.8. The molecule has 0 spiro atoms. The number of benzene rings is 2. The highest BCUT2D eigenvalue weighted by molar-refractivity contribution is 7.22. The van der Waals surface area contributed by atoms with E-state index < -0.39 is 5.97 Å². The lowest BCUT2D eigenvalue weighted by Gasteiger charge is -2.56. The molecule has 4 bridgehead atoms. The van der Waals surface area contributed by atoms with Crippen LogP contribution in [0.25, 0.3) is 26.2 Å². The smallest absolute Gasteiger partial charge is 0.355 e. The summed E-state index contributed by atoms with van der Waals surface area (Å²) in [5.74, 6) is 2.23. The fraction of sp³-hybridized carbons (Fsp3) is 0.375. The topological polar surface area (TPSA) is 105 Å². The van der Waals surface area contributed by atoms with Crippen molar-refractivity contribution in [2.45, 2.75) is 65.0 Å². The number of carboxylic acids is 1. The number of nitrogens with one attached hydrogen (secondary N) is 1. The molecule has 10 rings (SSSR count). The van der Waals surface area contributed by atoms with E-state index in [9.17, 15) is 14.7 Å². The van der Waals surface area contributed by atoms with E-state index in [0.717, 1.165) is 56.9 Å². The minimum Gasteiger partial charge on any atom is -0.476 e. The summed E-state index contributed by atoms with van der Waals surface area (Å²) in [5, 5.41) is 14.0. The van der Waals surface area contributed by atoms with Crippen molar-refractivity contribution in [1.82, 2.24) is 14.5 Å². The van der Waals surface area contributed by atoms with Gasteiger partial charge in [0.1, 0.15) is 5.82 Å². The summed E-state index contributed by atoms with van der Waals surface area (Å²) in [5.41, 5.74) is 5.84. The summed E-state index contributed by atoms with van der Waals surface area (Å²) in [6.45, 7) is 11.9. The van der Waals surface area contributed by atoms with E-state index >= 15 is 0 Å². The Hall–Kier alpha value is -5.01. The molecule has 9 nitrogen and oxygen atoms in total. The number of amides is 1. The fourth-order valence-corrected chi connectivity index (χ4v) is 11.0. The zero-order chi connectivity index (χ0) is 34.1. The second kappa shape index (κ2) is 11.8. The lowest BCUT2D eigenvalue weighted by Crippen LogP contribution is -2.47. The van der Waals surface area contributed by atoms with Gasteiger partial charge in [0.2, 0.25) is 5.82 Å². The maximum absolute atomic E-state index is 13.6. The van der Waals surface area contributed by atoms with Crippen LogP contribution in [-0.4, -0.2) is 38.1 Å². The minimum absolute atomic E-state index is 0.0262. The first-order chi connectivity index (χ1) is 24.3. The number of carbonyl (C=O) groups is 2. The van der Waals surface area contributed by atoms with Crippen molar-refractivity contribution in [3.63, 3.8) is 0 Å². The number of fused-ring (bicyclic) bond motifs is 2. The van der Waals surface area contributed by atoms with Gasteiger partial charge >= 0.3 is 5.97 Å². The predicted octanol–water partition coefficient (Wildman–Crippen LogP) is 8.75. The molecule has 3 aromatic heterocycles. The molecular formula is C40H38N6O3S. The zero-order valence-electron chi connectivity index (χ0n) is 28.0. The van der Waals surface area contributed by atoms with Crippen molar-refractivity contribution in [2.24, 2.45) is 23.2 Å². The maximum Gasteiger partial charge on any atom is 0.355 e. The van der Waals surface area contributed by atoms with Crippen LogP contribution in [0, 0.1) is 36.7 Å². The molecule has 0 radical (unpaired) electrons. The fourth-order valence-electron chi connectivity index (χ4n) is 10.1. The van der Waals surface area contributed by atoms with Gasteiger partial charge in [-0.15, -0.1) is 0 Å². The van der Waals surface area contributed by atoms with Gasteiger partial charge in [-0.2, -0.15) is 0 Å². The van der Waals surface area contributed by atoms with Gasteiger partial charge in [0.05, 0.1) is 22.5 Å². The SMILES string of the molecule is [C-]#[N+]c1cc(-c2ccc(N3CCc4cccc(C(=O)Nc5nc6ccccc6s5)c4C3)nc2C(=O)O)c(C)n1CC12CC3CC(CC(C3)C1)C2. The molecule has 0 saturated heterocycles. The first kappa shape index (κ1) is 31.0. The molecule has 4 saturated carbocycles. The van der Waals surface area contributed by atoms with Crippen LogP contribution in [0.5, 0.6) is 0 Å². The molecule has 10 heteroatoms. The Morgan fingerprint density at radius 3 is 2.48 bits per heavy atom. The molecule has 4 aliphatic carbocycles. The van der Waals surface area contributed by atoms with Gasteiger partial charge in [-0.25, -0.2) is 14.8 Å². The molecule has 252 valence electrons. The highest BCUT2D eigenvalue weighted by Crippen LogP contribution is 2.61. The second-order valence-electron chi connectivity index (χ2n) is 15.0. The number of aromatic carboxylic acids is 1.